The van der Waals surface area contributed by atoms with Gasteiger partial charge in [0, 0.05) is 12.6 Å². The number of fused-ring (bicyclic) bond motifs is 2. The van der Waals surface area contributed by atoms with Crippen molar-refractivity contribution in [1.82, 2.24) is 4.31 Å². The molecule has 1 aliphatic carbocycles. The third kappa shape index (κ3) is 2.25. The van der Waals surface area contributed by atoms with Crippen molar-refractivity contribution in [2.45, 2.75) is 35.1 Å². The van der Waals surface area contributed by atoms with Gasteiger partial charge in [0.2, 0.25) is 10.0 Å². The Hall–Kier alpha value is -0.990. The van der Waals surface area contributed by atoms with E-state index in [4.69, 9.17) is 0 Å². The molecule has 8 heteroatoms. The standard InChI is InChI=1S/C12H14FNO4S2/c13-19(15,16)11-2-1-3-12(7-11)20(17,18)14-8-9-4-5-10(14)6-9/h1-3,7,9-10H,4-6,8H2. The molecule has 2 unspecified atom stereocenters. The van der Waals surface area contributed by atoms with E-state index in [9.17, 15) is 20.7 Å². The summed E-state index contributed by atoms with van der Waals surface area (Å²) in [5.41, 5.74) is 0. The zero-order valence-corrected chi connectivity index (χ0v) is 12.2. The van der Waals surface area contributed by atoms with Crippen LogP contribution in [0.25, 0.3) is 0 Å². The van der Waals surface area contributed by atoms with Gasteiger partial charge >= 0.3 is 10.2 Å². The first-order valence-electron chi connectivity index (χ1n) is 6.35. The van der Waals surface area contributed by atoms with E-state index < -0.39 is 25.1 Å². The molecule has 1 aromatic carbocycles. The molecule has 2 aliphatic rings. The Bertz CT molecular complexity index is 744. The molecule has 1 aliphatic heterocycles. The first kappa shape index (κ1) is 14.0. The van der Waals surface area contributed by atoms with Crippen molar-refractivity contribution in [1.29, 1.82) is 0 Å². The summed E-state index contributed by atoms with van der Waals surface area (Å²) in [4.78, 5) is -0.785. The maximum Gasteiger partial charge on any atom is 0.332 e. The van der Waals surface area contributed by atoms with Crippen LogP contribution in [0.1, 0.15) is 19.3 Å². The predicted octanol–water partition coefficient (Wildman–Crippen LogP) is 1.52. The van der Waals surface area contributed by atoms with Gasteiger partial charge in [-0.25, -0.2) is 8.42 Å². The predicted molar refractivity (Wildman–Crippen MR) is 69.8 cm³/mol. The second kappa shape index (κ2) is 4.51. The van der Waals surface area contributed by atoms with E-state index in [0.29, 0.717) is 12.5 Å². The van der Waals surface area contributed by atoms with Crippen molar-refractivity contribution in [3.8, 4) is 0 Å². The van der Waals surface area contributed by atoms with Crippen LogP contribution in [0.15, 0.2) is 34.1 Å². The van der Waals surface area contributed by atoms with Crippen molar-refractivity contribution in [3.05, 3.63) is 24.3 Å². The van der Waals surface area contributed by atoms with Crippen LogP contribution in [0.2, 0.25) is 0 Å². The monoisotopic (exact) mass is 319 g/mol. The lowest BCUT2D eigenvalue weighted by molar-refractivity contribution is 0.333. The average Bonchev–Trinajstić information content (AvgIpc) is 3.00. The topological polar surface area (TPSA) is 71.5 Å². The zero-order chi connectivity index (χ0) is 14.5. The van der Waals surface area contributed by atoms with Crippen molar-refractivity contribution < 1.29 is 20.7 Å². The van der Waals surface area contributed by atoms with Crippen molar-refractivity contribution >= 4 is 20.2 Å². The van der Waals surface area contributed by atoms with E-state index in [2.05, 4.69) is 0 Å². The second-order valence-corrected chi connectivity index (χ2v) is 8.56. The maximum absolute atomic E-state index is 13.0. The van der Waals surface area contributed by atoms with Gasteiger partial charge in [0.05, 0.1) is 9.79 Å². The van der Waals surface area contributed by atoms with Gasteiger partial charge in [-0.3, -0.25) is 0 Å². The van der Waals surface area contributed by atoms with Gasteiger partial charge in [0.15, 0.2) is 0 Å². The first-order chi connectivity index (χ1) is 9.28. The van der Waals surface area contributed by atoms with Gasteiger partial charge in [-0.1, -0.05) is 6.07 Å². The van der Waals surface area contributed by atoms with Crippen LogP contribution in [-0.4, -0.2) is 33.7 Å². The number of nitrogens with zero attached hydrogens (tertiary/aromatic N) is 1. The minimum absolute atomic E-state index is 0.00404. The van der Waals surface area contributed by atoms with Gasteiger partial charge in [0.1, 0.15) is 0 Å². The Morgan fingerprint density at radius 1 is 1.10 bits per heavy atom. The molecule has 1 aromatic rings. The number of piperidine rings is 1. The number of rotatable bonds is 3. The number of hydrogen-bond donors (Lipinski definition) is 0. The summed E-state index contributed by atoms with van der Waals surface area (Å²) < 4.78 is 61.2. The van der Waals surface area contributed by atoms with Gasteiger partial charge in [0.25, 0.3) is 0 Å². The fraction of sp³-hybridized carbons (Fsp3) is 0.500. The van der Waals surface area contributed by atoms with Crippen LogP contribution in [-0.2, 0) is 20.2 Å². The molecule has 110 valence electrons. The van der Waals surface area contributed by atoms with E-state index in [1.54, 1.807) is 0 Å². The highest BCUT2D eigenvalue weighted by atomic mass is 32.3. The average molecular weight is 319 g/mol. The largest absolute Gasteiger partial charge is 0.332 e. The summed E-state index contributed by atoms with van der Waals surface area (Å²) in [6.45, 7) is 0.472. The van der Waals surface area contributed by atoms with Crippen LogP contribution in [0, 0.1) is 5.92 Å². The highest BCUT2D eigenvalue weighted by Gasteiger charge is 2.44. The summed E-state index contributed by atoms with van der Waals surface area (Å²) >= 11 is 0. The zero-order valence-electron chi connectivity index (χ0n) is 10.6. The molecule has 20 heavy (non-hydrogen) atoms. The summed E-state index contributed by atoms with van der Waals surface area (Å²) in [5, 5.41) is 0. The Balaban J connectivity index is 2.00. The van der Waals surface area contributed by atoms with Gasteiger partial charge in [-0.2, -0.15) is 12.7 Å². The van der Waals surface area contributed by atoms with Crippen molar-refractivity contribution in [2.75, 3.05) is 6.54 Å². The smallest absolute Gasteiger partial charge is 0.207 e. The summed E-state index contributed by atoms with van der Waals surface area (Å²) in [7, 11) is -8.65. The molecule has 5 nitrogen and oxygen atoms in total. The van der Waals surface area contributed by atoms with Crippen LogP contribution < -0.4 is 0 Å². The van der Waals surface area contributed by atoms with E-state index in [1.165, 1.54) is 16.4 Å². The number of benzene rings is 1. The highest BCUT2D eigenvalue weighted by molar-refractivity contribution is 7.89. The molecule has 2 atom stereocenters. The van der Waals surface area contributed by atoms with Crippen LogP contribution >= 0.6 is 0 Å². The maximum atomic E-state index is 13.0. The molecule has 1 heterocycles. The Morgan fingerprint density at radius 3 is 2.35 bits per heavy atom. The Kier molecular flexibility index (Phi) is 3.15. The van der Waals surface area contributed by atoms with Gasteiger partial charge < -0.3 is 0 Å². The molecule has 0 spiro atoms. The Labute approximate surface area is 117 Å². The summed E-state index contributed by atoms with van der Waals surface area (Å²) in [5.74, 6) is 0.392. The summed E-state index contributed by atoms with van der Waals surface area (Å²) in [6.07, 6.45) is 2.74. The first-order valence-corrected chi connectivity index (χ1v) is 9.17. The Morgan fingerprint density at radius 2 is 1.80 bits per heavy atom. The molecule has 0 aromatic heterocycles. The number of halogens is 1. The normalized spacial score (nSPS) is 27.1. The van der Waals surface area contributed by atoms with Gasteiger partial charge in [-0.15, -0.1) is 3.89 Å². The molecule has 2 bridgehead atoms. The van der Waals surface area contributed by atoms with Crippen LogP contribution in [0.4, 0.5) is 3.89 Å². The van der Waals surface area contributed by atoms with Gasteiger partial charge in [-0.05, 0) is 43.4 Å². The molecule has 1 saturated carbocycles. The van der Waals surface area contributed by atoms with E-state index >= 15 is 0 Å². The fourth-order valence-electron chi connectivity index (χ4n) is 3.10. The fourth-order valence-corrected chi connectivity index (χ4v) is 5.47. The molecule has 0 radical (unpaired) electrons. The molecular formula is C12H14FNO4S2. The second-order valence-electron chi connectivity index (χ2n) is 5.32. The third-order valence-electron chi connectivity index (χ3n) is 4.05. The van der Waals surface area contributed by atoms with Crippen LogP contribution in [0.5, 0.6) is 0 Å². The van der Waals surface area contributed by atoms with E-state index in [-0.39, 0.29) is 10.9 Å². The molecular weight excluding hydrogens is 305 g/mol. The number of hydrogen-bond acceptors (Lipinski definition) is 4. The molecule has 0 amide bonds. The highest BCUT2D eigenvalue weighted by Crippen LogP contribution is 2.40. The summed E-state index contributed by atoms with van der Waals surface area (Å²) in [6, 6.07) is 4.47. The lowest BCUT2D eigenvalue weighted by atomic mass is 10.1. The quantitative estimate of drug-likeness (QED) is 0.792. The van der Waals surface area contributed by atoms with E-state index in [0.717, 1.165) is 31.4 Å². The SMILES string of the molecule is O=S(=O)(F)c1cccc(S(=O)(=O)N2CC3CCC2C3)c1. The molecule has 1 saturated heterocycles. The lowest BCUT2D eigenvalue weighted by Gasteiger charge is -2.26. The lowest BCUT2D eigenvalue weighted by Crippen LogP contribution is -2.37. The minimum atomic E-state index is -4.90. The van der Waals surface area contributed by atoms with Crippen molar-refractivity contribution in [3.63, 3.8) is 0 Å². The van der Waals surface area contributed by atoms with Crippen molar-refractivity contribution in [2.24, 2.45) is 5.92 Å². The molecule has 2 fully saturated rings. The minimum Gasteiger partial charge on any atom is -0.207 e. The third-order valence-corrected chi connectivity index (χ3v) is 6.78. The molecule has 0 N–H and O–H groups in total. The number of sulfonamides is 1. The molecule has 3 rings (SSSR count). The van der Waals surface area contributed by atoms with Crippen LogP contribution in [0.3, 0.4) is 0 Å². The van der Waals surface area contributed by atoms with E-state index in [1.807, 2.05) is 0 Å².